The van der Waals surface area contributed by atoms with Crippen LogP contribution < -0.4 is 10.2 Å². The highest BCUT2D eigenvalue weighted by Crippen LogP contribution is 2.26. The number of nitrogens with zero attached hydrogens (tertiary/aromatic N) is 2. The topological polar surface area (TPSA) is 58.4 Å². The summed E-state index contributed by atoms with van der Waals surface area (Å²) in [6.07, 6.45) is 1.99. The lowest BCUT2D eigenvalue weighted by molar-refractivity contribution is -0.119. The molecule has 1 aliphatic heterocycles. The van der Waals surface area contributed by atoms with E-state index in [-0.39, 0.29) is 11.9 Å². The molecule has 5 nitrogen and oxygen atoms in total. The second-order valence-electron chi connectivity index (χ2n) is 5.09. The molecule has 1 amide bonds. The molecule has 0 aliphatic carbocycles. The third-order valence-corrected chi connectivity index (χ3v) is 3.67. The molecule has 0 saturated carbocycles. The molecule has 1 N–H and O–H groups in total. The van der Waals surface area contributed by atoms with Crippen molar-refractivity contribution < 1.29 is 9.21 Å². The number of carbonyl (C=O) groups excluding carboxylic acids is 1. The zero-order valence-corrected chi connectivity index (χ0v) is 12.0. The molecule has 1 aromatic heterocycles. The van der Waals surface area contributed by atoms with Crippen molar-refractivity contribution in [3.05, 3.63) is 23.2 Å². The molecular formula is C14H16ClN3O2. The van der Waals surface area contributed by atoms with E-state index in [0.29, 0.717) is 11.0 Å². The fourth-order valence-electron chi connectivity index (χ4n) is 2.58. The van der Waals surface area contributed by atoms with Crippen LogP contribution in [0.5, 0.6) is 0 Å². The van der Waals surface area contributed by atoms with Gasteiger partial charge in [0.05, 0.1) is 0 Å². The second kappa shape index (κ2) is 5.32. The van der Waals surface area contributed by atoms with Crippen LogP contribution in [0, 0.1) is 0 Å². The second-order valence-corrected chi connectivity index (χ2v) is 5.53. The fourth-order valence-corrected chi connectivity index (χ4v) is 2.75. The van der Waals surface area contributed by atoms with E-state index >= 15 is 0 Å². The minimum atomic E-state index is 0.00111. The van der Waals surface area contributed by atoms with Crippen LogP contribution in [0.2, 0.25) is 5.02 Å². The zero-order chi connectivity index (χ0) is 14.1. The van der Waals surface area contributed by atoms with Crippen LogP contribution in [0.25, 0.3) is 11.1 Å². The lowest BCUT2D eigenvalue weighted by atomic mass is 10.1. The van der Waals surface area contributed by atoms with Gasteiger partial charge in [-0.15, -0.1) is 0 Å². The fraction of sp³-hybridized carbons (Fsp3) is 0.429. The van der Waals surface area contributed by atoms with Crippen molar-refractivity contribution in [1.82, 2.24) is 10.3 Å². The summed E-state index contributed by atoms with van der Waals surface area (Å²) in [4.78, 5) is 17.7. The molecule has 0 spiro atoms. The third-order valence-electron chi connectivity index (χ3n) is 3.44. The summed E-state index contributed by atoms with van der Waals surface area (Å²) < 4.78 is 5.76. The molecule has 2 heterocycles. The van der Waals surface area contributed by atoms with Crippen molar-refractivity contribution in [1.29, 1.82) is 0 Å². The summed E-state index contributed by atoms with van der Waals surface area (Å²) in [5.74, 6) is 0.00111. The van der Waals surface area contributed by atoms with Crippen LogP contribution in [0.15, 0.2) is 22.6 Å². The summed E-state index contributed by atoms with van der Waals surface area (Å²) in [5, 5.41) is 3.60. The number of carbonyl (C=O) groups is 1. The van der Waals surface area contributed by atoms with E-state index in [2.05, 4.69) is 15.2 Å². The predicted molar refractivity (Wildman–Crippen MR) is 78.1 cm³/mol. The number of oxazole rings is 1. The maximum absolute atomic E-state index is 11.2. The Morgan fingerprint density at radius 3 is 3.20 bits per heavy atom. The Morgan fingerprint density at radius 2 is 2.40 bits per heavy atom. The van der Waals surface area contributed by atoms with Gasteiger partial charge in [0.15, 0.2) is 5.58 Å². The lowest BCUT2D eigenvalue weighted by Gasteiger charge is -2.31. The molecule has 0 bridgehead atoms. The van der Waals surface area contributed by atoms with Gasteiger partial charge >= 0.3 is 0 Å². The van der Waals surface area contributed by atoms with Crippen LogP contribution >= 0.6 is 11.6 Å². The Hall–Kier alpha value is -1.75. The van der Waals surface area contributed by atoms with E-state index in [4.69, 9.17) is 16.0 Å². The molecule has 2 aromatic rings. The van der Waals surface area contributed by atoms with E-state index < -0.39 is 0 Å². The molecule has 1 aliphatic rings. The highest BCUT2D eigenvalue weighted by atomic mass is 35.5. The molecule has 1 aromatic carbocycles. The number of hydrogen-bond acceptors (Lipinski definition) is 4. The van der Waals surface area contributed by atoms with Gasteiger partial charge in [-0.05, 0) is 31.0 Å². The number of rotatable bonds is 2. The van der Waals surface area contributed by atoms with Crippen LogP contribution in [0.1, 0.15) is 19.8 Å². The van der Waals surface area contributed by atoms with Gasteiger partial charge in [-0.2, -0.15) is 4.98 Å². The van der Waals surface area contributed by atoms with Gasteiger partial charge < -0.3 is 14.6 Å². The largest absolute Gasteiger partial charge is 0.423 e. The summed E-state index contributed by atoms with van der Waals surface area (Å²) in [6.45, 7) is 3.15. The van der Waals surface area contributed by atoms with Crippen molar-refractivity contribution in [2.75, 3.05) is 18.0 Å². The monoisotopic (exact) mass is 293 g/mol. The number of hydrogen-bond donors (Lipinski definition) is 1. The maximum Gasteiger partial charge on any atom is 0.298 e. The molecule has 20 heavy (non-hydrogen) atoms. The van der Waals surface area contributed by atoms with Crippen molar-refractivity contribution in [3.8, 4) is 0 Å². The van der Waals surface area contributed by atoms with E-state index in [0.717, 1.165) is 37.0 Å². The quantitative estimate of drug-likeness (QED) is 0.924. The summed E-state index contributed by atoms with van der Waals surface area (Å²) in [7, 11) is 0. The van der Waals surface area contributed by atoms with E-state index in [1.807, 2.05) is 6.07 Å². The zero-order valence-electron chi connectivity index (χ0n) is 11.2. The minimum absolute atomic E-state index is 0.00111. The number of nitrogens with one attached hydrogen (secondary N) is 1. The first kappa shape index (κ1) is 13.2. The van der Waals surface area contributed by atoms with Gasteiger partial charge in [-0.3, -0.25) is 4.79 Å². The Morgan fingerprint density at radius 1 is 1.55 bits per heavy atom. The van der Waals surface area contributed by atoms with Gasteiger partial charge in [0.1, 0.15) is 5.52 Å². The highest BCUT2D eigenvalue weighted by molar-refractivity contribution is 6.31. The van der Waals surface area contributed by atoms with E-state index in [9.17, 15) is 4.79 Å². The van der Waals surface area contributed by atoms with Crippen LogP contribution in [-0.4, -0.2) is 30.0 Å². The Labute approximate surface area is 121 Å². The smallest absolute Gasteiger partial charge is 0.298 e. The first-order valence-electron chi connectivity index (χ1n) is 6.70. The molecule has 1 fully saturated rings. The lowest BCUT2D eigenvalue weighted by Crippen LogP contribution is -2.47. The highest BCUT2D eigenvalue weighted by Gasteiger charge is 2.23. The molecule has 106 valence electrons. The van der Waals surface area contributed by atoms with Crippen LogP contribution in [0.3, 0.4) is 0 Å². The summed E-state index contributed by atoms with van der Waals surface area (Å²) in [6, 6.07) is 6.15. The van der Waals surface area contributed by atoms with Crippen molar-refractivity contribution in [2.45, 2.75) is 25.8 Å². The normalized spacial score (nSPS) is 19.3. The van der Waals surface area contributed by atoms with Gasteiger partial charge in [-0.25, -0.2) is 0 Å². The van der Waals surface area contributed by atoms with Crippen LogP contribution in [0.4, 0.5) is 6.01 Å². The molecule has 0 radical (unpaired) electrons. The van der Waals surface area contributed by atoms with Crippen molar-refractivity contribution in [3.63, 3.8) is 0 Å². The Bertz CT molecular complexity index is 640. The van der Waals surface area contributed by atoms with E-state index in [1.165, 1.54) is 0 Å². The molecule has 6 heteroatoms. The van der Waals surface area contributed by atoms with Gasteiger partial charge in [0.25, 0.3) is 6.01 Å². The van der Waals surface area contributed by atoms with Gasteiger partial charge in [-0.1, -0.05) is 11.6 Å². The van der Waals surface area contributed by atoms with Crippen LogP contribution in [-0.2, 0) is 4.79 Å². The van der Waals surface area contributed by atoms with Gasteiger partial charge in [0, 0.05) is 31.1 Å². The molecular weight excluding hydrogens is 278 g/mol. The number of aromatic nitrogens is 1. The molecule has 1 atom stereocenters. The number of anilines is 1. The predicted octanol–water partition coefficient (Wildman–Crippen LogP) is 2.59. The van der Waals surface area contributed by atoms with E-state index in [1.54, 1.807) is 19.1 Å². The van der Waals surface area contributed by atoms with Crippen molar-refractivity contribution >= 4 is 34.6 Å². The number of halogens is 1. The number of fused-ring (bicyclic) bond motifs is 1. The molecule has 3 rings (SSSR count). The standard InChI is InChI=1S/C14H16ClN3O2/c1-9(19)16-11-3-2-6-18(8-11)14-17-12-7-10(15)4-5-13(12)20-14/h4-5,7,11H,2-3,6,8H2,1H3,(H,16,19). The maximum atomic E-state index is 11.2. The SMILES string of the molecule is CC(=O)NC1CCCN(c2nc3cc(Cl)ccc3o2)C1. The first-order valence-corrected chi connectivity index (χ1v) is 7.08. The van der Waals surface area contributed by atoms with Crippen molar-refractivity contribution in [2.24, 2.45) is 0 Å². The molecule has 1 saturated heterocycles. The average molecular weight is 294 g/mol. The number of piperidine rings is 1. The number of amides is 1. The summed E-state index contributed by atoms with van der Waals surface area (Å²) >= 11 is 5.95. The summed E-state index contributed by atoms with van der Waals surface area (Å²) in [5.41, 5.74) is 1.49. The Kier molecular flexibility index (Phi) is 3.53. The minimum Gasteiger partial charge on any atom is -0.423 e. The van der Waals surface area contributed by atoms with Gasteiger partial charge in [0.2, 0.25) is 5.91 Å². The average Bonchev–Trinajstić information content (AvgIpc) is 2.81. The number of benzene rings is 1. The third kappa shape index (κ3) is 2.72. The first-order chi connectivity index (χ1) is 9.61. The Balaban J connectivity index is 1.81. The molecule has 1 unspecified atom stereocenters.